The number of hydrogen-bond acceptors (Lipinski definition) is 4. The van der Waals surface area contributed by atoms with Gasteiger partial charge in [-0.2, -0.15) is 0 Å². The maximum Gasteiger partial charge on any atom is 0.265 e. The molecule has 0 aliphatic rings. The van der Waals surface area contributed by atoms with Crippen molar-refractivity contribution in [3.05, 3.63) is 46.5 Å². The summed E-state index contributed by atoms with van der Waals surface area (Å²) in [4.78, 5) is 12.5. The van der Waals surface area contributed by atoms with Gasteiger partial charge in [-0.1, -0.05) is 29.3 Å². The van der Waals surface area contributed by atoms with Gasteiger partial charge in [-0.3, -0.25) is 4.79 Å². The fraction of sp³-hybridized carbons (Fsp3) is 0.316. The highest BCUT2D eigenvalue weighted by Crippen LogP contribution is 2.36. The van der Waals surface area contributed by atoms with Crippen LogP contribution in [0.5, 0.6) is 17.2 Å². The topological polar surface area (TPSA) is 56.8 Å². The van der Waals surface area contributed by atoms with Gasteiger partial charge in [0, 0.05) is 6.07 Å². The minimum absolute atomic E-state index is 0.306. The van der Waals surface area contributed by atoms with Crippen molar-refractivity contribution >= 4 is 23.2 Å². The fourth-order valence-corrected chi connectivity index (χ4v) is 2.61. The van der Waals surface area contributed by atoms with E-state index in [2.05, 4.69) is 5.32 Å². The first kappa shape index (κ1) is 18.9. The second kappa shape index (κ2) is 8.12. The molecule has 0 fully saturated rings. The molecule has 1 unspecified atom stereocenters. The van der Waals surface area contributed by atoms with Crippen LogP contribution in [0.3, 0.4) is 0 Å². The molecule has 5 nitrogen and oxygen atoms in total. The minimum Gasteiger partial charge on any atom is -0.495 e. The van der Waals surface area contributed by atoms with Gasteiger partial charge >= 0.3 is 0 Å². The number of rotatable bonds is 6. The summed E-state index contributed by atoms with van der Waals surface area (Å²) in [5.74, 6) is 1.29. The van der Waals surface area contributed by atoms with E-state index < -0.39 is 6.10 Å². The third kappa shape index (κ3) is 4.57. The molecule has 2 aromatic rings. The van der Waals surface area contributed by atoms with Crippen LogP contribution >= 0.6 is 11.6 Å². The summed E-state index contributed by atoms with van der Waals surface area (Å²) in [6.45, 7) is 5.64. The van der Waals surface area contributed by atoms with Crippen molar-refractivity contribution in [1.29, 1.82) is 0 Å². The number of benzene rings is 2. The zero-order valence-electron chi connectivity index (χ0n) is 15.0. The van der Waals surface area contributed by atoms with E-state index >= 15 is 0 Å². The highest BCUT2D eigenvalue weighted by molar-refractivity contribution is 6.32. The van der Waals surface area contributed by atoms with Gasteiger partial charge in [0.15, 0.2) is 6.10 Å². The molecule has 1 amide bonds. The lowest BCUT2D eigenvalue weighted by Gasteiger charge is -2.18. The molecule has 134 valence electrons. The second-order valence-electron chi connectivity index (χ2n) is 5.71. The second-order valence-corrected chi connectivity index (χ2v) is 6.11. The molecule has 1 N–H and O–H groups in total. The number of anilines is 1. The van der Waals surface area contributed by atoms with Gasteiger partial charge in [-0.25, -0.2) is 0 Å². The predicted octanol–water partition coefficient (Wildman–Crippen LogP) is 4.38. The smallest absolute Gasteiger partial charge is 0.265 e. The lowest BCUT2D eigenvalue weighted by atomic mass is 10.1. The Morgan fingerprint density at radius 3 is 2.32 bits per heavy atom. The molecule has 0 aromatic heterocycles. The Labute approximate surface area is 152 Å². The Morgan fingerprint density at radius 1 is 1.04 bits per heavy atom. The zero-order chi connectivity index (χ0) is 18.6. The molecule has 0 saturated heterocycles. The van der Waals surface area contributed by atoms with Crippen LogP contribution in [0.25, 0.3) is 0 Å². The van der Waals surface area contributed by atoms with Crippen molar-refractivity contribution in [2.24, 2.45) is 0 Å². The standard InChI is InChI=1S/C19H22ClNO4/c1-11-6-7-16(12(2)8-11)25-13(3)19(22)21-15-9-14(20)17(23-4)10-18(15)24-5/h6-10,13H,1-5H3,(H,21,22). The van der Waals surface area contributed by atoms with Crippen LogP contribution in [0.1, 0.15) is 18.1 Å². The number of carbonyl (C=O) groups excluding carboxylic acids is 1. The number of halogens is 1. The van der Waals surface area contributed by atoms with Gasteiger partial charge in [-0.05, 0) is 38.5 Å². The predicted molar refractivity (Wildman–Crippen MR) is 99.2 cm³/mol. The number of hydrogen-bond donors (Lipinski definition) is 1. The average molecular weight is 364 g/mol. The molecular formula is C19H22ClNO4. The van der Waals surface area contributed by atoms with Crippen molar-refractivity contribution in [1.82, 2.24) is 0 Å². The van der Waals surface area contributed by atoms with Gasteiger partial charge in [0.25, 0.3) is 5.91 Å². The third-order valence-corrected chi connectivity index (χ3v) is 4.03. The highest BCUT2D eigenvalue weighted by atomic mass is 35.5. The molecule has 6 heteroatoms. The van der Waals surface area contributed by atoms with E-state index in [0.717, 1.165) is 11.1 Å². The van der Waals surface area contributed by atoms with Crippen LogP contribution in [0.4, 0.5) is 5.69 Å². The Balaban J connectivity index is 2.14. The number of aryl methyl sites for hydroxylation is 2. The molecular weight excluding hydrogens is 342 g/mol. The SMILES string of the molecule is COc1cc(OC)c(NC(=O)C(C)Oc2ccc(C)cc2C)cc1Cl. The van der Waals surface area contributed by atoms with Crippen LogP contribution in [0, 0.1) is 13.8 Å². The van der Waals surface area contributed by atoms with E-state index in [1.165, 1.54) is 14.2 Å². The fourth-order valence-electron chi connectivity index (χ4n) is 2.37. The summed E-state index contributed by atoms with van der Waals surface area (Å²) in [5, 5.41) is 3.15. The van der Waals surface area contributed by atoms with Gasteiger partial charge in [0.05, 0.1) is 24.9 Å². The van der Waals surface area contributed by atoms with Crippen LogP contribution in [0.2, 0.25) is 5.02 Å². The van der Waals surface area contributed by atoms with Gasteiger partial charge in [0.1, 0.15) is 17.2 Å². The van der Waals surface area contributed by atoms with E-state index in [4.69, 9.17) is 25.8 Å². The lowest BCUT2D eigenvalue weighted by molar-refractivity contribution is -0.122. The molecule has 1 atom stereocenters. The Morgan fingerprint density at radius 2 is 1.72 bits per heavy atom. The molecule has 25 heavy (non-hydrogen) atoms. The molecule has 0 saturated carbocycles. The van der Waals surface area contributed by atoms with Crippen LogP contribution in [-0.4, -0.2) is 26.2 Å². The molecule has 0 aliphatic carbocycles. The van der Waals surface area contributed by atoms with E-state index in [1.54, 1.807) is 19.1 Å². The Hall–Kier alpha value is -2.40. The third-order valence-electron chi connectivity index (χ3n) is 3.74. The molecule has 2 aromatic carbocycles. The minimum atomic E-state index is -0.688. The first-order valence-electron chi connectivity index (χ1n) is 7.82. The van der Waals surface area contributed by atoms with Gasteiger partial charge in [0.2, 0.25) is 0 Å². The number of amides is 1. The van der Waals surface area contributed by atoms with Crippen molar-refractivity contribution in [2.45, 2.75) is 26.9 Å². The normalized spacial score (nSPS) is 11.6. The van der Waals surface area contributed by atoms with Gasteiger partial charge < -0.3 is 19.5 Å². The molecule has 0 aliphatic heterocycles. The largest absolute Gasteiger partial charge is 0.495 e. The first-order valence-corrected chi connectivity index (χ1v) is 8.19. The van der Waals surface area contributed by atoms with E-state index in [0.29, 0.717) is 28.0 Å². The summed E-state index contributed by atoms with van der Waals surface area (Å²) < 4.78 is 16.2. The van der Waals surface area contributed by atoms with Crippen LogP contribution in [0.15, 0.2) is 30.3 Å². The maximum absolute atomic E-state index is 12.5. The summed E-state index contributed by atoms with van der Waals surface area (Å²) in [6.07, 6.45) is -0.688. The van der Waals surface area contributed by atoms with Crippen molar-refractivity contribution in [2.75, 3.05) is 19.5 Å². The van der Waals surface area contributed by atoms with E-state index in [1.807, 2.05) is 32.0 Å². The molecule has 0 heterocycles. The maximum atomic E-state index is 12.5. The Kier molecular flexibility index (Phi) is 6.15. The van der Waals surface area contributed by atoms with Crippen LogP contribution in [-0.2, 0) is 4.79 Å². The molecule has 2 rings (SSSR count). The molecule has 0 bridgehead atoms. The number of methoxy groups -OCH3 is 2. The number of ether oxygens (including phenoxy) is 3. The van der Waals surface area contributed by atoms with Crippen molar-refractivity contribution < 1.29 is 19.0 Å². The number of nitrogens with one attached hydrogen (secondary N) is 1. The zero-order valence-corrected chi connectivity index (χ0v) is 15.7. The molecule has 0 radical (unpaired) electrons. The van der Waals surface area contributed by atoms with E-state index in [-0.39, 0.29) is 5.91 Å². The van der Waals surface area contributed by atoms with E-state index in [9.17, 15) is 4.79 Å². The first-order chi connectivity index (χ1) is 11.8. The van der Waals surface area contributed by atoms with Crippen LogP contribution < -0.4 is 19.5 Å². The summed E-state index contributed by atoms with van der Waals surface area (Å²) in [7, 11) is 3.02. The number of carbonyl (C=O) groups is 1. The highest BCUT2D eigenvalue weighted by Gasteiger charge is 2.19. The van der Waals surface area contributed by atoms with Crippen molar-refractivity contribution in [3.63, 3.8) is 0 Å². The summed E-state index contributed by atoms with van der Waals surface area (Å²) >= 11 is 6.12. The summed E-state index contributed by atoms with van der Waals surface area (Å²) in [6, 6.07) is 9.01. The van der Waals surface area contributed by atoms with Crippen molar-refractivity contribution in [3.8, 4) is 17.2 Å². The monoisotopic (exact) mass is 363 g/mol. The Bertz CT molecular complexity index is 776. The molecule has 0 spiro atoms. The van der Waals surface area contributed by atoms with Gasteiger partial charge in [-0.15, -0.1) is 0 Å². The summed E-state index contributed by atoms with van der Waals surface area (Å²) in [5.41, 5.74) is 2.57. The quantitative estimate of drug-likeness (QED) is 0.827. The average Bonchev–Trinajstić information content (AvgIpc) is 2.57. The lowest BCUT2D eigenvalue weighted by Crippen LogP contribution is -2.30.